The van der Waals surface area contributed by atoms with Crippen LogP contribution in [0, 0.1) is 6.92 Å². The van der Waals surface area contributed by atoms with E-state index in [4.69, 9.17) is 9.40 Å². The summed E-state index contributed by atoms with van der Waals surface area (Å²) in [7, 11) is 0. The first-order valence-corrected chi connectivity index (χ1v) is 14.6. The Labute approximate surface area is 248 Å². The van der Waals surface area contributed by atoms with E-state index in [1.165, 1.54) is 43.8 Å². The minimum atomic E-state index is 0.911. The molecule has 0 saturated carbocycles. The van der Waals surface area contributed by atoms with Crippen LogP contribution in [0.15, 0.2) is 144 Å². The highest BCUT2D eigenvalue weighted by atomic mass is 16.3. The first-order valence-electron chi connectivity index (χ1n) is 14.6. The molecule has 0 amide bonds. The molecule has 0 aliphatic carbocycles. The van der Waals surface area contributed by atoms with Crippen molar-refractivity contribution in [1.82, 2.24) is 9.55 Å². The van der Waals surface area contributed by atoms with Gasteiger partial charge in [0.1, 0.15) is 17.0 Å². The van der Waals surface area contributed by atoms with Crippen LogP contribution in [0.4, 0.5) is 0 Å². The Morgan fingerprint density at radius 1 is 0.488 bits per heavy atom. The maximum atomic E-state index is 6.17. The van der Waals surface area contributed by atoms with Gasteiger partial charge in [0.05, 0.1) is 11.0 Å². The van der Waals surface area contributed by atoms with Crippen LogP contribution in [0.1, 0.15) is 5.82 Å². The highest BCUT2D eigenvalue weighted by Gasteiger charge is 2.18. The first-order chi connectivity index (χ1) is 21.2. The molecule has 0 atom stereocenters. The minimum Gasteiger partial charge on any atom is -0.456 e. The molecule has 9 rings (SSSR count). The van der Waals surface area contributed by atoms with Crippen molar-refractivity contribution < 1.29 is 4.42 Å². The molecule has 0 aliphatic heterocycles. The van der Waals surface area contributed by atoms with Crippen LogP contribution in [0.3, 0.4) is 0 Å². The van der Waals surface area contributed by atoms with E-state index < -0.39 is 0 Å². The van der Waals surface area contributed by atoms with Crippen LogP contribution >= 0.6 is 0 Å². The summed E-state index contributed by atoms with van der Waals surface area (Å²) in [5.41, 5.74) is 9.92. The second kappa shape index (κ2) is 9.17. The van der Waals surface area contributed by atoms with E-state index in [-0.39, 0.29) is 0 Å². The van der Waals surface area contributed by atoms with Gasteiger partial charge in [0.25, 0.3) is 0 Å². The Morgan fingerprint density at radius 2 is 1.07 bits per heavy atom. The van der Waals surface area contributed by atoms with Gasteiger partial charge >= 0.3 is 0 Å². The Hall–Kier alpha value is -5.67. The third-order valence-electron chi connectivity index (χ3n) is 8.72. The maximum absolute atomic E-state index is 6.17. The highest BCUT2D eigenvalue weighted by Crippen LogP contribution is 2.45. The second-order valence-corrected chi connectivity index (χ2v) is 11.2. The summed E-state index contributed by atoms with van der Waals surface area (Å²) in [4.78, 5) is 4.83. The van der Waals surface area contributed by atoms with Gasteiger partial charge in [-0.05, 0) is 93.2 Å². The van der Waals surface area contributed by atoms with Crippen molar-refractivity contribution in [3.63, 3.8) is 0 Å². The Balaban J connectivity index is 1.33. The van der Waals surface area contributed by atoms with Gasteiger partial charge in [-0.25, -0.2) is 4.98 Å². The topological polar surface area (TPSA) is 31.0 Å². The van der Waals surface area contributed by atoms with Crippen LogP contribution in [0.2, 0.25) is 0 Å². The normalized spacial score (nSPS) is 11.8. The second-order valence-electron chi connectivity index (χ2n) is 11.2. The van der Waals surface area contributed by atoms with Crippen LogP contribution in [-0.2, 0) is 0 Å². The van der Waals surface area contributed by atoms with Crippen molar-refractivity contribution >= 4 is 54.5 Å². The van der Waals surface area contributed by atoms with Crippen molar-refractivity contribution in [3.05, 3.63) is 145 Å². The lowest BCUT2D eigenvalue weighted by atomic mass is 9.85. The molecule has 202 valence electrons. The van der Waals surface area contributed by atoms with Crippen LogP contribution in [-0.4, -0.2) is 9.55 Å². The zero-order valence-corrected chi connectivity index (χ0v) is 23.6. The summed E-state index contributed by atoms with van der Waals surface area (Å²) in [5, 5.41) is 7.22. The predicted molar refractivity (Wildman–Crippen MR) is 179 cm³/mol. The van der Waals surface area contributed by atoms with E-state index in [1.54, 1.807) is 0 Å². The molecule has 2 aromatic heterocycles. The van der Waals surface area contributed by atoms with Crippen molar-refractivity contribution in [3.8, 4) is 27.9 Å². The van der Waals surface area contributed by atoms with Crippen molar-refractivity contribution in [2.45, 2.75) is 6.92 Å². The number of para-hydroxylation sites is 3. The van der Waals surface area contributed by atoms with Crippen LogP contribution < -0.4 is 0 Å². The summed E-state index contributed by atoms with van der Waals surface area (Å²) >= 11 is 0. The summed E-state index contributed by atoms with van der Waals surface area (Å²) in [5.74, 6) is 0.977. The van der Waals surface area contributed by atoms with Gasteiger partial charge in [-0.15, -0.1) is 0 Å². The molecule has 0 N–H and O–H groups in total. The van der Waals surface area contributed by atoms with E-state index in [1.807, 2.05) is 18.2 Å². The van der Waals surface area contributed by atoms with E-state index in [0.29, 0.717) is 0 Å². The summed E-state index contributed by atoms with van der Waals surface area (Å²) in [6.45, 7) is 2.08. The molecule has 9 aromatic rings. The lowest BCUT2D eigenvalue weighted by Crippen LogP contribution is -1.97. The summed E-state index contributed by atoms with van der Waals surface area (Å²) in [6.07, 6.45) is 0. The number of aromatic nitrogens is 2. The van der Waals surface area contributed by atoms with E-state index in [9.17, 15) is 0 Å². The Kier molecular flexibility index (Phi) is 5.11. The number of hydrogen-bond donors (Lipinski definition) is 0. The third-order valence-corrected chi connectivity index (χ3v) is 8.72. The quantitative estimate of drug-likeness (QED) is 0.205. The number of benzene rings is 7. The first kappa shape index (κ1) is 24.0. The number of furan rings is 1. The Morgan fingerprint density at radius 3 is 1.79 bits per heavy atom. The standard InChI is InChI=1S/C40H26N2O/c1-25-41-35-18-7-8-19-36(35)42(25)28-12-10-11-26(23-28)39-30-14-2-4-16-32(30)40(33-17-5-3-15-31(33)39)27-21-22-38-34(24-27)29-13-6-9-20-37(29)43-38/h2-24H,1H3. The molecule has 3 nitrogen and oxygen atoms in total. The molecule has 0 spiro atoms. The lowest BCUT2D eigenvalue weighted by molar-refractivity contribution is 0.669. The number of aryl methyl sites for hydroxylation is 1. The van der Waals surface area contributed by atoms with Crippen molar-refractivity contribution in [2.75, 3.05) is 0 Å². The minimum absolute atomic E-state index is 0.911. The zero-order valence-electron chi connectivity index (χ0n) is 23.6. The molecule has 0 radical (unpaired) electrons. The van der Waals surface area contributed by atoms with Crippen molar-refractivity contribution in [1.29, 1.82) is 0 Å². The van der Waals surface area contributed by atoms with Gasteiger partial charge in [-0.2, -0.15) is 0 Å². The van der Waals surface area contributed by atoms with Gasteiger partial charge in [-0.1, -0.05) is 97.1 Å². The Bertz CT molecular complexity index is 2470. The summed E-state index contributed by atoms with van der Waals surface area (Å²) in [6, 6.07) is 49.7. The van der Waals surface area contributed by atoms with Gasteiger partial charge in [-0.3, -0.25) is 4.57 Å². The number of hydrogen-bond acceptors (Lipinski definition) is 2. The molecule has 0 fully saturated rings. The zero-order chi connectivity index (χ0) is 28.5. The molecular formula is C40H26N2O. The number of imidazole rings is 1. The SMILES string of the molecule is Cc1nc2ccccc2n1-c1cccc(-c2c3ccccc3c(-c3ccc4oc5ccccc5c4c3)c3ccccc23)c1. The van der Waals surface area contributed by atoms with Crippen molar-refractivity contribution in [2.24, 2.45) is 0 Å². The fourth-order valence-corrected chi connectivity index (χ4v) is 6.90. The average Bonchev–Trinajstić information content (AvgIpc) is 3.60. The fraction of sp³-hybridized carbons (Fsp3) is 0.0250. The van der Waals surface area contributed by atoms with E-state index in [0.717, 1.165) is 44.5 Å². The number of nitrogens with zero attached hydrogens (tertiary/aromatic N) is 2. The fourth-order valence-electron chi connectivity index (χ4n) is 6.90. The molecule has 3 heteroatoms. The third kappa shape index (κ3) is 3.58. The van der Waals surface area contributed by atoms with Gasteiger partial charge in [0, 0.05) is 16.5 Å². The smallest absolute Gasteiger partial charge is 0.135 e. The molecule has 0 bridgehead atoms. The van der Waals surface area contributed by atoms with Gasteiger partial charge in [0.15, 0.2) is 0 Å². The highest BCUT2D eigenvalue weighted by molar-refractivity contribution is 6.22. The monoisotopic (exact) mass is 550 g/mol. The molecular weight excluding hydrogens is 524 g/mol. The molecule has 2 heterocycles. The largest absolute Gasteiger partial charge is 0.456 e. The van der Waals surface area contributed by atoms with E-state index in [2.05, 4.69) is 133 Å². The maximum Gasteiger partial charge on any atom is 0.135 e. The average molecular weight is 551 g/mol. The predicted octanol–water partition coefficient (Wildman–Crippen LogP) is 10.9. The lowest BCUT2D eigenvalue weighted by Gasteiger charge is -2.18. The molecule has 0 aliphatic rings. The van der Waals surface area contributed by atoms with Gasteiger partial charge in [0.2, 0.25) is 0 Å². The van der Waals surface area contributed by atoms with Crippen LogP contribution in [0.5, 0.6) is 0 Å². The number of fused-ring (bicyclic) bond motifs is 6. The molecule has 43 heavy (non-hydrogen) atoms. The molecule has 0 unspecified atom stereocenters. The van der Waals surface area contributed by atoms with E-state index >= 15 is 0 Å². The van der Waals surface area contributed by atoms with Gasteiger partial charge < -0.3 is 4.42 Å². The van der Waals surface area contributed by atoms with Crippen LogP contribution in [0.25, 0.3) is 82.5 Å². The molecule has 7 aromatic carbocycles. The summed E-state index contributed by atoms with van der Waals surface area (Å²) < 4.78 is 8.42. The number of rotatable bonds is 3. The molecule has 0 saturated heterocycles.